The maximum Gasteiger partial charge on any atom is 0.287 e. The number of benzene rings is 1. The molecule has 1 aromatic heterocycles. The van der Waals surface area contributed by atoms with Gasteiger partial charge >= 0.3 is 0 Å². The van der Waals surface area contributed by atoms with E-state index >= 15 is 0 Å². The molecule has 0 radical (unpaired) electrons. The Hall–Kier alpha value is -1.89. The third-order valence-corrected chi connectivity index (χ3v) is 3.14. The molecule has 8 heteroatoms. The van der Waals surface area contributed by atoms with Crippen molar-refractivity contribution in [1.29, 1.82) is 0 Å². The van der Waals surface area contributed by atoms with Gasteiger partial charge in [-0.15, -0.1) is 0 Å². The van der Waals surface area contributed by atoms with Gasteiger partial charge in [0.15, 0.2) is 0 Å². The van der Waals surface area contributed by atoms with Crippen molar-refractivity contribution in [3.63, 3.8) is 0 Å². The highest BCUT2D eigenvalue weighted by atomic mass is 35.5. The molecule has 1 heterocycles. The standard InChI is InChI=1S/C13H11Cl2N3O3/c14-9-3-8(4-10(15)5-9)12(19)7-17-13-2-1-11(6-16-13)18(20)21/h1-6,12,19H,7H2,(H,16,17). The van der Waals surface area contributed by atoms with E-state index in [0.717, 1.165) is 6.20 Å². The topological polar surface area (TPSA) is 88.3 Å². The van der Waals surface area contributed by atoms with Crippen LogP contribution in [0.25, 0.3) is 0 Å². The molecule has 1 unspecified atom stereocenters. The highest BCUT2D eigenvalue weighted by Crippen LogP contribution is 2.24. The van der Waals surface area contributed by atoms with E-state index in [4.69, 9.17) is 23.2 Å². The lowest BCUT2D eigenvalue weighted by molar-refractivity contribution is -0.385. The molecule has 2 rings (SSSR count). The number of nitrogens with zero attached hydrogens (tertiary/aromatic N) is 2. The van der Waals surface area contributed by atoms with Crippen molar-refractivity contribution in [2.75, 3.05) is 11.9 Å². The summed E-state index contributed by atoms with van der Waals surface area (Å²) in [5.74, 6) is 0.424. The van der Waals surface area contributed by atoms with Gasteiger partial charge in [0.05, 0.1) is 11.0 Å². The first-order valence-electron chi connectivity index (χ1n) is 5.94. The molecule has 0 saturated heterocycles. The maximum absolute atomic E-state index is 10.5. The van der Waals surface area contributed by atoms with Crippen molar-refractivity contribution < 1.29 is 10.0 Å². The van der Waals surface area contributed by atoms with E-state index in [1.54, 1.807) is 18.2 Å². The van der Waals surface area contributed by atoms with Crippen molar-refractivity contribution in [3.05, 3.63) is 62.3 Å². The third kappa shape index (κ3) is 4.29. The lowest BCUT2D eigenvalue weighted by Gasteiger charge is -2.13. The second kappa shape index (κ2) is 6.71. The van der Waals surface area contributed by atoms with Crippen LogP contribution in [0.1, 0.15) is 11.7 Å². The summed E-state index contributed by atoms with van der Waals surface area (Å²) in [6, 6.07) is 7.60. The number of aliphatic hydroxyl groups excluding tert-OH is 1. The average Bonchev–Trinajstić information content (AvgIpc) is 2.44. The van der Waals surface area contributed by atoms with Gasteiger partial charge in [0.25, 0.3) is 5.69 Å². The highest BCUT2D eigenvalue weighted by molar-refractivity contribution is 6.34. The quantitative estimate of drug-likeness (QED) is 0.648. The van der Waals surface area contributed by atoms with Gasteiger partial charge < -0.3 is 10.4 Å². The van der Waals surface area contributed by atoms with Crippen LogP contribution in [0.5, 0.6) is 0 Å². The smallest absolute Gasteiger partial charge is 0.287 e. The average molecular weight is 328 g/mol. The largest absolute Gasteiger partial charge is 0.387 e. The zero-order valence-corrected chi connectivity index (χ0v) is 12.2. The lowest BCUT2D eigenvalue weighted by atomic mass is 10.1. The summed E-state index contributed by atoms with van der Waals surface area (Å²) in [5, 5.41) is 24.3. The van der Waals surface area contributed by atoms with Gasteiger partial charge in [-0.25, -0.2) is 4.98 Å². The van der Waals surface area contributed by atoms with Crippen LogP contribution in [0.2, 0.25) is 10.0 Å². The first-order chi connectivity index (χ1) is 9.95. The number of anilines is 1. The van der Waals surface area contributed by atoms with E-state index in [2.05, 4.69) is 10.3 Å². The first-order valence-corrected chi connectivity index (χ1v) is 6.69. The molecule has 0 fully saturated rings. The number of aliphatic hydroxyl groups is 1. The Kier molecular flexibility index (Phi) is 4.95. The molecule has 0 aliphatic heterocycles. The fourth-order valence-corrected chi connectivity index (χ4v) is 2.23. The number of pyridine rings is 1. The van der Waals surface area contributed by atoms with Crippen LogP contribution in [0.4, 0.5) is 11.5 Å². The van der Waals surface area contributed by atoms with Crippen molar-refractivity contribution >= 4 is 34.7 Å². The van der Waals surface area contributed by atoms with E-state index in [1.165, 1.54) is 12.1 Å². The Morgan fingerprint density at radius 3 is 2.48 bits per heavy atom. The second-order valence-corrected chi connectivity index (χ2v) is 5.13. The number of halogens is 2. The minimum atomic E-state index is -0.835. The van der Waals surface area contributed by atoms with E-state index in [0.29, 0.717) is 21.4 Å². The number of hydrogen-bond donors (Lipinski definition) is 2. The molecule has 2 aromatic rings. The Morgan fingerprint density at radius 2 is 1.95 bits per heavy atom. The number of aromatic nitrogens is 1. The van der Waals surface area contributed by atoms with Gasteiger partial charge in [-0.1, -0.05) is 23.2 Å². The fraction of sp³-hybridized carbons (Fsp3) is 0.154. The maximum atomic E-state index is 10.5. The zero-order valence-electron chi connectivity index (χ0n) is 10.7. The summed E-state index contributed by atoms with van der Waals surface area (Å²) in [5.41, 5.74) is 0.477. The number of rotatable bonds is 5. The SMILES string of the molecule is O=[N+]([O-])c1ccc(NCC(O)c2cc(Cl)cc(Cl)c2)nc1. The summed E-state index contributed by atoms with van der Waals surface area (Å²) in [6.07, 6.45) is 0.309. The number of nitrogens with one attached hydrogen (secondary N) is 1. The highest BCUT2D eigenvalue weighted by Gasteiger charge is 2.10. The Balaban J connectivity index is 2.00. The summed E-state index contributed by atoms with van der Waals surface area (Å²) in [7, 11) is 0. The van der Waals surface area contributed by atoms with E-state index in [9.17, 15) is 15.2 Å². The lowest BCUT2D eigenvalue weighted by Crippen LogP contribution is -2.13. The minimum Gasteiger partial charge on any atom is -0.387 e. The van der Waals surface area contributed by atoms with Gasteiger partial charge in [-0.05, 0) is 29.8 Å². The summed E-state index contributed by atoms with van der Waals surface area (Å²) in [4.78, 5) is 13.9. The molecule has 2 N–H and O–H groups in total. The van der Waals surface area contributed by atoms with E-state index < -0.39 is 11.0 Å². The Morgan fingerprint density at radius 1 is 1.29 bits per heavy atom. The molecule has 110 valence electrons. The van der Waals surface area contributed by atoms with Crippen LogP contribution in [0.15, 0.2) is 36.5 Å². The fourth-order valence-electron chi connectivity index (χ4n) is 1.69. The number of nitro groups is 1. The molecule has 0 amide bonds. The predicted molar refractivity (Wildman–Crippen MR) is 80.8 cm³/mol. The second-order valence-electron chi connectivity index (χ2n) is 4.26. The van der Waals surface area contributed by atoms with E-state index in [-0.39, 0.29) is 12.2 Å². The summed E-state index contributed by atoms with van der Waals surface area (Å²) >= 11 is 11.7. The molecule has 6 nitrogen and oxygen atoms in total. The molecule has 1 aromatic carbocycles. The molecule has 0 aliphatic rings. The molecule has 0 aliphatic carbocycles. The Bertz CT molecular complexity index is 629. The monoisotopic (exact) mass is 327 g/mol. The predicted octanol–water partition coefficient (Wildman–Crippen LogP) is 3.44. The van der Waals surface area contributed by atoms with Crippen LogP contribution < -0.4 is 5.32 Å². The van der Waals surface area contributed by atoms with Crippen LogP contribution in [0.3, 0.4) is 0 Å². The molecule has 1 atom stereocenters. The zero-order chi connectivity index (χ0) is 15.4. The van der Waals surface area contributed by atoms with Crippen molar-refractivity contribution in [1.82, 2.24) is 4.98 Å². The van der Waals surface area contributed by atoms with Crippen molar-refractivity contribution in [3.8, 4) is 0 Å². The molecule has 0 spiro atoms. The normalized spacial score (nSPS) is 12.0. The van der Waals surface area contributed by atoms with Crippen molar-refractivity contribution in [2.24, 2.45) is 0 Å². The molecule has 0 saturated carbocycles. The number of hydrogen-bond acceptors (Lipinski definition) is 5. The van der Waals surface area contributed by atoms with E-state index in [1.807, 2.05) is 0 Å². The molecule has 21 heavy (non-hydrogen) atoms. The van der Waals surface area contributed by atoms with Gasteiger partial charge in [0.2, 0.25) is 0 Å². The summed E-state index contributed by atoms with van der Waals surface area (Å²) < 4.78 is 0. The van der Waals surface area contributed by atoms with Crippen LogP contribution in [-0.4, -0.2) is 21.6 Å². The molecular formula is C13H11Cl2N3O3. The molecular weight excluding hydrogens is 317 g/mol. The van der Waals surface area contributed by atoms with Crippen LogP contribution >= 0.6 is 23.2 Å². The summed E-state index contributed by atoms with van der Waals surface area (Å²) in [6.45, 7) is 0.168. The molecule has 0 bridgehead atoms. The van der Waals surface area contributed by atoms with Crippen LogP contribution in [0, 0.1) is 10.1 Å². The van der Waals surface area contributed by atoms with Gasteiger partial charge in [-0.3, -0.25) is 10.1 Å². The minimum absolute atomic E-state index is 0.0947. The van der Waals surface area contributed by atoms with Crippen LogP contribution in [-0.2, 0) is 0 Å². The third-order valence-electron chi connectivity index (χ3n) is 2.70. The van der Waals surface area contributed by atoms with Gasteiger partial charge in [0.1, 0.15) is 12.0 Å². The van der Waals surface area contributed by atoms with Gasteiger partial charge in [0, 0.05) is 22.7 Å². The van der Waals surface area contributed by atoms with Crippen molar-refractivity contribution in [2.45, 2.75) is 6.10 Å². The first kappa shape index (κ1) is 15.5. The Labute approximate surface area is 130 Å². The van der Waals surface area contributed by atoms with Gasteiger partial charge in [-0.2, -0.15) is 0 Å².